The van der Waals surface area contributed by atoms with Gasteiger partial charge in [0.15, 0.2) is 0 Å². The summed E-state index contributed by atoms with van der Waals surface area (Å²) in [5.41, 5.74) is 8.98. The van der Waals surface area contributed by atoms with E-state index in [1.54, 1.807) is 0 Å². The Morgan fingerprint density at radius 1 is 1.28 bits per heavy atom. The van der Waals surface area contributed by atoms with Gasteiger partial charge in [-0.15, -0.1) is 0 Å². The molecule has 4 heteroatoms. The molecule has 0 spiro atoms. The number of rotatable bonds is 3. The fourth-order valence-electron chi connectivity index (χ4n) is 2.49. The maximum atomic E-state index is 5.64. The van der Waals surface area contributed by atoms with Crippen LogP contribution in [0.25, 0.3) is 11.0 Å². The molecule has 3 N–H and O–H groups in total. The van der Waals surface area contributed by atoms with Gasteiger partial charge in [0.2, 0.25) is 0 Å². The topological polar surface area (TPSA) is 54.4 Å². The van der Waals surface area contributed by atoms with Crippen molar-refractivity contribution in [2.45, 2.75) is 13.1 Å². The van der Waals surface area contributed by atoms with Crippen LogP contribution in [0.3, 0.4) is 0 Å². The Morgan fingerprint density at radius 3 is 2.89 bits per heavy atom. The van der Waals surface area contributed by atoms with Crippen molar-refractivity contribution in [3.8, 4) is 0 Å². The van der Waals surface area contributed by atoms with Gasteiger partial charge in [-0.2, -0.15) is 0 Å². The van der Waals surface area contributed by atoms with Crippen LogP contribution < -0.4 is 11.1 Å². The first kappa shape index (κ1) is 11.7. The van der Waals surface area contributed by atoms with Gasteiger partial charge in [-0.1, -0.05) is 12.1 Å². The Morgan fingerprint density at radius 2 is 2.11 bits per heavy atom. The van der Waals surface area contributed by atoms with Crippen LogP contribution in [0.4, 0.5) is 0 Å². The van der Waals surface area contributed by atoms with Crippen LogP contribution in [-0.4, -0.2) is 31.1 Å². The van der Waals surface area contributed by atoms with Crippen LogP contribution in [0.1, 0.15) is 11.1 Å². The zero-order valence-electron chi connectivity index (χ0n) is 10.5. The molecule has 1 saturated heterocycles. The summed E-state index contributed by atoms with van der Waals surface area (Å²) in [7, 11) is 0. The van der Waals surface area contributed by atoms with E-state index in [1.165, 1.54) is 10.9 Å². The molecular weight excluding hydrogens is 226 g/mol. The highest BCUT2D eigenvalue weighted by molar-refractivity contribution is 5.81. The second kappa shape index (κ2) is 5.10. The number of fused-ring (bicyclic) bond motifs is 1. The standard InChI is InChI=1S/C14H19N3O/c15-8-11-1-2-13-12(10-18-14(13)7-11)9-17-5-3-16-4-6-17/h1-2,7,10,16H,3-6,8-9,15H2. The lowest BCUT2D eigenvalue weighted by atomic mass is 10.1. The monoisotopic (exact) mass is 245 g/mol. The van der Waals surface area contributed by atoms with Gasteiger partial charge in [-0.05, 0) is 11.6 Å². The predicted octanol–water partition coefficient (Wildman–Crippen LogP) is 1.30. The maximum Gasteiger partial charge on any atom is 0.134 e. The second-order valence-corrected chi connectivity index (χ2v) is 4.82. The minimum Gasteiger partial charge on any atom is -0.464 e. The van der Waals surface area contributed by atoms with Crippen molar-refractivity contribution in [1.29, 1.82) is 0 Å². The van der Waals surface area contributed by atoms with E-state index in [1.807, 2.05) is 12.3 Å². The quantitative estimate of drug-likeness (QED) is 0.855. The summed E-state index contributed by atoms with van der Waals surface area (Å²) in [6.45, 7) is 5.89. The van der Waals surface area contributed by atoms with E-state index in [2.05, 4.69) is 22.3 Å². The van der Waals surface area contributed by atoms with Gasteiger partial charge in [-0.25, -0.2) is 0 Å². The average Bonchev–Trinajstić information content (AvgIpc) is 2.82. The normalized spacial score (nSPS) is 17.4. The van der Waals surface area contributed by atoms with E-state index in [0.717, 1.165) is 43.9 Å². The third-order valence-corrected chi connectivity index (χ3v) is 3.56. The number of piperazine rings is 1. The van der Waals surface area contributed by atoms with Crippen LogP contribution in [0, 0.1) is 0 Å². The first-order valence-corrected chi connectivity index (χ1v) is 6.49. The smallest absolute Gasteiger partial charge is 0.134 e. The summed E-state index contributed by atoms with van der Waals surface area (Å²) < 4.78 is 5.64. The molecule has 0 atom stereocenters. The minimum atomic E-state index is 0.559. The van der Waals surface area contributed by atoms with Crippen molar-refractivity contribution in [3.05, 3.63) is 35.6 Å². The van der Waals surface area contributed by atoms with Gasteiger partial charge < -0.3 is 15.5 Å². The van der Waals surface area contributed by atoms with Gasteiger partial charge in [0, 0.05) is 50.2 Å². The van der Waals surface area contributed by atoms with E-state index < -0.39 is 0 Å². The highest BCUT2D eigenvalue weighted by Crippen LogP contribution is 2.23. The molecule has 0 unspecified atom stereocenters. The fourth-order valence-corrected chi connectivity index (χ4v) is 2.49. The Labute approximate surface area is 107 Å². The van der Waals surface area contributed by atoms with Crippen molar-refractivity contribution in [2.75, 3.05) is 26.2 Å². The van der Waals surface area contributed by atoms with Crippen molar-refractivity contribution in [3.63, 3.8) is 0 Å². The van der Waals surface area contributed by atoms with Crippen LogP contribution in [-0.2, 0) is 13.1 Å². The number of hydrogen-bond acceptors (Lipinski definition) is 4. The molecule has 2 heterocycles. The Bertz CT molecular complexity index is 529. The molecule has 0 aliphatic carbocycles. The molecule has 96 valence electrons. The van der Waals surface area contributed by atoms with Gasteiger partial charge in [-0.3, -0.25) is 4.90 Å². The zero-order valence-corrected chi connectivity index (χ0v) is 10.5. The van der Waals surface area contributed by atoms with Crippen molar-refractivity contribution < 1.29 is 4.42 Å². The molecule has 0 radical (unpaired) electrons. The first-order chi connectivity index (χ1) is 8.86. The summed E-state index contributed by atoms with van der Waals surface area (Å²) >= 11 is 0. The summed E-state index contributed by atoms with van der Waals surface area (Å²) in [6, 6.07) is 6.24. The maximum absolute atomic E-state index is 5.64. The zero-order chi connectivity index (χ0) is 12.4. The van der Waals surface area contributed by atoms with E-state index in [-0.39, 0.29) is 0 Å². The minimum absolute atomic E-state index is 0.559. The van der Waals surface area contributed by atoms with E-state index in [0.29, 0.717) is 6.54 Å². The van der Waals surface area contributed by atoms with E-state index in [4.69, 9.17) is 10.2 Å². The molecule has 1 aromatic carbocycles. The molecule has 1 aliphatic heterocycles. The largest absolute Gasteiger partial charge is 0.464 e. The van der Waals surface area contributed by atoms with E-state index in [9.17, 15) is 0 Å². The molecule has 0 amide bonds. The number of furan rings is 1. The summed E-state index contributed by atoms with van der Waals surface area (Å²) in [6.07, 6.45) is 1.88. The third-order valence-electron chi connectivity index (χ3n) is 3.56. The number of nitrogens with two attached hydrogens (primary N) is 1. The average molecular weight is 245 g/mol. The van der Waals surface area contributed by atoms with Gasteiger partial charge in [0.05, 0.1) is 6.26 Å². The van der Waals surface area contributed by atoms with Crippen molar-refractivity contribution >= 4 is 11.0 Å². The van der Waals surface area contributed by atoms with Crippen molar-refractivity contribution in [1.82, 2.24) is 10.2 Å². The summed E-state index contributed by atoms with van der Waals surface area (Å²) in [4.78, 5) is 2.46. The second-order valence-electron chi connectivity index (χ2n) is 4.82. The molecular formula is C14H19N3O. The van der Waals surface area contributed by atoms with Gasteiger partial charge >= 0.3 is 0 Å². The van der Waals surface area contributed by atoms with Crippen LogP contribution in [0.5, 0.6) is 0 Å². The molecule has 18 heavy (non-hydrogen) atoms. The molecule has 2 aromatic rings. The van der Waals surface area contributed by atoms with E-state index >= 15 is 0 Å². The number of nitrogens with one attached hydrogen (secondary N) is 1. The lowest BCUT2D eigenvalue weighted by Gasteiger charge is -2.26. The van der Waals surface area contributed by atoms with Crippen LogP contribution in [0.15, 0.2) is 28.9 Å². The molecule has 0 bridgehead atoms. The molecule has 1 fully saturated rings. The molecule has 1 aliphatic rings. The van der Waals surface area contributed by atoms with Crippen LogP contribution in [0.2, 0.25) is 0 Å². The van der Waals surface area contributed by atoms with Crippen LogP contribution >= 0.6 is 0 Å². The first-order valence-electron chi connectivity index (χ1n) is 6.49. The lowest BCUT2D eigenvalue weighted by Crippen LogP contribution is -2.42. The van der Waals surface area contributed by atoms with Gasteiger partial charge in [0.1, 0.15) is 5.58 Å². The summed E-state index contributed by atoms with van der Waals surface area (Å²) in [5.74, 6) is 0. The van der Waals surface area contributed by atoms with Gasteiger partial charge in [0.25, 0.3) is 0 Å². The number of hydrogen-bond donors (Lipinski definition) is 2. The SMILES string of the molecule is NCc1ccc2c(CN3CCNCC3)coc2c1. The van der Waals surface area contributed by atoms with Crippen molar-refractivity contribution in [2.24, 2.45) is 5.73 Å². The molecule has 0 saturated carbocycles. The molecule has 4 nitrogen and oxygen atoms in total. The number of nitrogens with zero attached hydrogens (tertiary/aromatic N) is 1. The highest BCUT2D eigenvalue weighted by Gasteiger charge is 2.13. The summed E-state index contributed by atoms with van der Waals surface area (Å²) in [5, 5.41) is 4.58. The third kappa shape index (κ3) is 2.27. The fraction of sp³-hybridized carbons (Fsp3) is 0.429. The predicted molar refractivity (Wildman–Crippen MR) is 72.3 cm³/mol. The Kier molecular flexibility index (Phi) is 3.32. The molecule has 1 aromatic heterocycles. The Hall–Kier alpha value is -1.36. The number of benzene rings is 1. The Balaban J connectivity index is 1.83. The highest BCUT2D eigenvalue weighted by atomic mass is 16.3. The lowest BCUT2D eigenvalue weighted by molar-refractivity contribution is 0.233. The molecule has 3 rings (SSSR count).